The third-order valence-corrected chi connectivity index (χ3v) is 3.47. The second-order valence-corrected chi connectivity index (χ2v) is 5.73. The lowest BCUT2D eigenvalue weighted by Gasteiger charge is -2.29. The van der Waals surface area contributed by atoms with Crippen molar-refractivity contribution in [3.63, 3.8) is 0 Å². The van der Waals surface area contributed by atoms with Gasteiger partial charge in [0.1, 0.15) is 0 Å². The van der Waals surface area contributed by atoms with Gasteiger partial charge in [0.05, 0.1) is 6.61 Å². The van der Waals surface area contributed by atoms with Crippen molar-refractivity contribution in [2.45, 2.75) is 47.5 Å². The van der Waals surface area contributed by atoms with Gasteiger partial charge in [-0.25, -0.2) is 0 Å². The Bertz CT molecular complexity index is 229. The Kier molecular flexibility index (Phi) is 9.08. The first-order valence-electron chi connectivity index (χ1n) is 7.21. The minimum absolute atomic E-state index is 0.108. The number of rotatable bonds is 9. The van der Waals surface area contributed by atoms with Crippen LogP contribution >= 0.6 is 0 Å². The van der Waals surface area contributed by atoms with Crippen molar-refractivity contribution in [1.82, 2.24) is 4.90 Å². The summed E-state index contributed by atoms with van der Waals surface area (Å²) in [5.41, 5.74) is 0. The van der Waals surface area contributed by atoms with Gasteiger partial charge in [-0.1, -0.05) is 41.0 Å². The Morgan fingerprint density at radius 3 is 2.28 bits per heavy atom. The first-order chi connectivity index (χ1) is 8.43. The van der Waals surface area contributed by atoms with Gasteiger partial charge in [-0.2, -0.15) is 0 Å². The van der Waals surface area contributed by atoms with E-state index in [-0.39, 0.29) is 5.92 Å². The second-order valence-electron chi connectivity index (χ2n) is 5.73. The third kappa shape index (κ3) is 6.39. The van der Waals surface area contributed by atoms with Crippen molar-refractivity contribution >= 4 is 5.91 Å². The molecule has 0 N–H and O–H groups in total. The average molecular weight is 257 g/mol. The van der Waals surface area contributed by atoms with E-state index >= 15 is 0 Å². The lowest BCUT2D eigenvalue weighted by atomic mass is 9.96. The molecule has 0 aromatic carbocycles. The molecule has 3 nitrogen and oxygen atoms in total. The minimum Gasteiger partial charge on any atom is -0.384 e. The van der Waals surface area contributed by atoms with Crippen LogP contribution in [-0.2, 0) is 9.53 Å². The zero-order chi connectivity index (χ0) is 14.1. The summed E-state index contributed by atoms with van der Waals surface area (Å²) in [4.78, 5) is 14.4. The predicted molar refractivity (Wildman–Crippen MR) is 76.5 cm³/mol. The van der Waals surface area contributed by atoms with Crippen molar-refractivity contribution in [3.05, 3.63) is 0 Å². The van der Waals surface area contributed by atoms with Crippen molar-refractivity contribution in [1.29, 1.82) is 0 Å². The highest BCUT2D eigenvalue weighted by molar-refractivity contribution is 5.78. The van der Waals surface area contributed by atoms with E-state index in [1.807, 2.05) is 11.8 Å². The van der Waals surface area contributed by atoms with Crippen molar-refractivity contribution in [2.75, 3.05) is 26.8 Å². The molecule has 0 radical (unpaired) electrons. The minimum atomic E-state index is 0.108. The van der Waals surface area contributed by atoms with Gasteiger partial charge < -0.3 is 9.64 Å². The van der Waals surface area contributed by atoms with Gasteiger partial charge in [0.2, 0.25) is 5.91 Å². The Hall–Kier alpha value is -0.570. The lowest BCUT2D eigenvalue weighted by molar-refractivity contribution is -0.137. The fraction of sp³-hybridized carbons (Fsp3) is 0.933. The van der Waals surface area contributed by atoms with E-state index in [4.69, 9.17) is 4.74 Å². The molecule has 2 unspecified atom stereocenters. The van der Waals surface area contributed by atoms with Crippen LogP contribution in [0.1, 0.15) is 47.5 Å². The Labute approximate surface area is 113 Å². The Morgan fingerprint density at radius 1 is 1.22 bits per heavy atom. The summed E-state index contributed by atoms with van der Waals surface area (Å²) in [6.45, 7) is 12.9. The maximum absolute atomic E-state index is 12.4. The first kappa shape index (κ1) is 17.4. The van der Waals surface area contributed by atoms with Gasteiger partial charge in [-0.3, -0.25) is 4.79 Å². The standard InChI is InChI=1S/C15H31NO2/c1-7-8-9-16(10-13(4)11-18-6)15(17)14(5)12(2)3/h12-14H,7-11H2,1-6H3. The quantitative estimate of drug-likeness (QED) is 0.635. The molecule has 2 atom stereocenters. The lowest BCUT2D eigenvalue weighted by Crippen LogP contribution is -2.41. The summed E-state index contributed by atoms with van der Waals surface area (Å²) in [7, 11) is 1.71. The van der Waals surface area contributed by atoms with Crippen molar-refractivity contribution < 1.29 is 9.53 Å². The smallest absolute Gasteiger partial charge is 0.225 e. The molecule has 0 heterocycles. The zero-order valence-electron chi connectivity index (χ0n) is 13.0. The summed E-state index contributed by atoms with van der Waals surface area (Å²) in [5, 5.41) is 0. The van der Waals surface area contributed by atoms with Crippen molar-refractivity contribution in [3.8, 4) is 0 Å². The highest BCUT2D eigenvalue weighted by Crippen LogP contribution is 2.15. The molecule has 0 aliphatic carbocycles. The summed E-state index contributed by atoms with van der Waals surface area (Å²) in [6, 6.07) is 0. The van der Waals surface area contributed by atoms with Crippen molar-refractivity contribution in [2.24, 2.45) is 17.8 Å². The van der Waals surface area contributed by atoms with Crippen LogP contribution in [0.2, 0.25) is 0 Å². The van der Waals surface area contributed by atoms with Crippen LogP contribution in [0.25, 0.3) is 0 Å². The molecule has 1 amide bonds. The molecule has 0 aromatic heterocycles. The van der Waals surface area contributed by atoms with Crippen LogP contribution in [0.15, 0.2) is 0 Å². The molecule has 108 valence electrons. The number of hydrogen-bond donors (Lipinski definition) is 0. The Balaban J connectivity index is 4.50. The van der Waals surface area contributed by atoms with E-state index in [0.717, 1.165) is 25.9 Å². The monoisotopic (exact) mass is 257 g/mol. The molecule has 18 heavy (non-hydrogen) atoms. The summed E-state index contributed by atoms with van der Waals surface area (Å²) in [6.07, 6.45) is 2.20. The number of methoxy groups -OCH3 is 1. The van der Waals surface area contributed by atoms with Crippen LogP contribution in [-0.4, -0.2) is 37.6 Å². The maximum atomic E-state index is 12.4. The van der Waals surface area contributed by atoms with E-state index in [0.29, 0.717) is 24.3 Å². The largest absolute Gasteiger partial charge is 0.384 e. The first-order valence-corrected chi connectivity index (χ1v) is 7.21. The number of amides is 1. The van der Waals surface area contributed by atoms with Crippen LogP contribution in [0.5, 0.6) is 0 Å². The molecule has 0 bridgehead atoms. The van der Waals surface area contributed by atoms with E-state index in [1.54, 1.807) is 7.11 Å². The molecule has 0 aliphatic heterocycles. The fourth-order valence-electron chi connectivity index (χ4n) is 1.93. The molecule has 3 heteroatoms. The molecule has 0 rings (SSSR count). The van der Waals surface area contributed by atoms with Crippen LogP contribution < -0.4 is 0 Å². The number of carbonyl (C=O) groups is 1. The van der Waals surface area contributed by atoms with Gasteiger partial charge in [0.15, 0.2) is 0 Å². The van der Waals surface area contributed by atoms with Gasteiger partial charge in [-0.05, 0) is 18.3 Å². The van der Waals surface area contributed by atoms with E-state index in [9.17, 15) is 4.79 Å². The van der Waals surface area contributed by atoms with Gasteiger partial charge in [-0.15, -0.1) is 0 Å². The highest BCUT2D eigenvalue weighted by Gasteiger charge is 2.23. The molecular weight excluding hydrogens is 226 g/mol. The van der Waals surface area contributed by atoms with Gasteiger partial charge >= 0.3 is 0 Å². The third-order valence-electron chi connectivity index (χ3n) is 3.47. The fourth-order valence-corrected chi connectivity index (χ4v) is 1.93. The average Bonchev–Trinajstić information content (AvgIpc) is 2.32. The van der Waals surface area contributed by atoms with Gasteiger partial charge in [0.25, 0.3) is 0 Å². The SMILES string of the molecule is CCCCN(CC(C)COC)C(=O)C(C)C(C)C. The molecule has 0 saturated carbocycles. The van der Waals surface area contributed by atoms with Crippen LogP contribution in [0, 0.1) is 17.8 Å². The van der Waals surface area contributed by atoms with Crippen LogP contribution in [0.3, 0.4) is 0 Å². The second kappa shape index (κ2) is 9.37. The molecule has 0 spiro atoms. The number of nitrogens with zero attached hydrogens (tertiary/aromatic N) is 1. The van der Waals surface area contributed by atoms with E-state index in [2.05, 4.69) is 27.7 Å². The maximum Gasteiger partial charge on any atom is 0.225 e. The number of carbonyl (C=O) groups excluding carboxylic acids is 1. The Morgan fingerprint density at radius 2 is 1.83 bits per heavy atom. The zero-order valence-corrected chi connectivity index (χ0v) is 13.0. The summed E-state index contributed by atoms with van der Waals surface area (Å²) < 4.78 is 5.16. The van der Waals surface area contributed by atoms with E-state index < -0.39 is 0 Å². The van der Waals surface area contributed by atoms with E-state index in [1.165, 1.54) is 0 Å². The van der Waals surface area contributed by atoms with Gasteiger partial charge in [0, 0.05) is 26.1 Å². The van der Waals surface area contributed by atoms with Crippen LogP contribution in [0.4, 0.5) is 0 Å². The number of hydrogen-bond acceptors (Lipinski definition) is 2. The summed E-state index contributed by atoms with van der Waals surface area (Å²) in [5.74, 6) is 1.20. The molecule has 0 aliphatic rings. The number of ether oxygens (including phenoxy) is 1. The normalized spacial score (nSPS) is 14.6. The molecule has 0 aromatic rings. The molecule has 0 saturated heterocycles. The number of unbranched alkanes of at least 4 members (excludes halogenated alkanes) is 1. The predicted octanol–water partition coefficient (Wildman–Crippen LogP) is 3.19. The molecule has 0 fully saturated rings. The summed E-state index contributed by atoms with van der Waals surface area (Å²) >= 11 is 0. The molecular formula is C15H31NO2. The highest BCUT2D eigenvalue weighted by atomic mass is 16.5. The topological polar surface area (TPSA) is 29.5 Å².